The summed E-state index contributed by atoms with van der Waals surface area (Å²) in [4.78, 5) is 34.7. The molecule has 1 aliphatic carbocycles. The Balaban J connectivity index is 1.36. The molecule has 4 aromatic rings. The van der Waals surface area contributed by atoms with Gasteiger partial charge in [0.05, 0.1) is 17.5 Å². The van der Waals surface area contributed by atoms with Crippen LogP contribution in [0.5, 0.6) is 11.5 Å². The molecule has 0 unspecified atom stereocenters. The minimum atomic E-state index is -4.88. The molecule has 0 spiro atoms. The summed E-state index contributed by atoms with van der Waals surface area (Å²) in [7, 11) is 0. The molecular weight excluding hydrogens is 620 g/mol. The highest BCUT2D eigenvalue weighted by Crippen LogP contribution is 2.46. The number of aromatic nitrogens is 2. The Labute approximate surface area is 267 Å². The number of carbonyl (C=O) groups excluding carboxylic acids is 2. The first-order chi connectivity index (χ1) is 22.0. The van der Waals surface area contributed by atoms with Crippen LogP contribution in [0.15, 0.2) is 54.6 Å². The maximum Gasteiger partial charge on any atom is 0.398 e. The van der Waals surface area contributed by atoms with E-state index in [-0.39, 0.29) is 46.6 Å². The number of amides is 2. The van der Waals surface area contributed by atoms with Gasteiger partial charge in [0.2, 0.25) is 5.91 Å². The van der Waals surface area contributed by atoms with Crippen molar-refractivity contribution in [3.63, 3.8) is 0 Å². The number of nitrogens with two attached hydrogens (primary N) is 1. The Hall–Kier alpha value is -4.78. The summed E-state index contributed by atoms with van der Waals surface area (Å²) in [5, 5.41) is 13.3. The van der Waals surface area contributed by atoms with Gasteiger partial charge in [0.25, 0.3) is 5.91 Å². The first kappa shape index (κ1) is 32.2. The standard InChI is InChI=1S/C34H32F4N4O5/c1-32(2,45)26-11-6-18-12-19(13-25(27(18)42-26)47-21-9-10-21)30(43)40-15-23(34(36,37)38)24-14-22-29(46-16-33(22,3)31(39)44)28(41-24)17-4-7-20(35)8-5-17/h4-8,11-14,21,23,45H,9-10,15-16H2,1-3H3,(H2,39,44)(H,40,43)/t23-,33+/m1/s1. The Morgan fingerprint density at radius 1 is 1.11 bits per heavy atom. The van der Waals surface area contributed by atoms with Crippen molar-refractivity contribution < 1.29 is 41.7 Å². The summed E-state index contributed by atoms with van der Waals surface area (Å²) in [5.74, 6) is -4.10. The molecule has 1 saturated carbocycles. The lowest BCUT2D eigenvalue weighted by Crippen LogP contribution is -2.40. The molecule has 4 N–H and O–H groups in total. The van der Waals surface area contributed by atoms with Crippen LogP contribution in [-0.4, -0.2) is 52.3 Å². The van der Waals surface area contributed by atoms with Gasteiger partial charge in [0.15, 0.2) is 0 Å². The number of nitrogens with one attached hydrogen (secondary N) is 1. The first-order valence-corrected chi connectivity index (χ1v) is 15.0. The summed E-state index contributed by atoms with van der Waals surface area (Å²) in [6, 6.07) is 12.3. The quantitative estimate of drug-likeness (QED) is 0.206. The van der Waals surface area contributed by atoms with Gasteiger partial charge in [-0.3, -0.25) is 9.59 Å². The number of hydrogen-bond acceptors (Lipinski definition) is 7. The summed E-state index contributed by atoms with van der Waals surface area (Å²) < 4.78 is 69.5. The lowest BCUT2D eigenvalue weighted by Gasteiger charge is -2.24. The van der Waals surface area contributed by atoms with Crippen LogP contribution in [0.2, 0.25) is 0 Å². The predicted octanol–water partition coefficient (Wildman–Crippen LogP) is 5.42. The zero-order valence-electron chi connectivity index (χ0n) is 25.7. The molecule has 0 bridgehead atoms. The molecule has 2 amide bonds. The molecule has 1 aliphatic heterocycles. The van der Waals surface area contributed by atoms with Crippen molar-refractivity contribution in [1.82, 2.24) is 15.3 Å². The lowest BCUT2D eigenvalue weighted by atomic mass is 9.82. The van der Waals surface area contributed by atoms with E-state index in [0.29, 0.717) is 16.6 Å². The average Bonchev–Trinajstić information content (AvgIpc) is 3.75. The number of pyridine rings is 2. The maximum absolute atomic E-state index is 14.7. The van der Waals surface area contributed by atoms with Crippen molar-refractivity contribution in [2.75, 3.05) is 13.2 Å². The van der Waals surface area contributed by atoms with Crippen LogP contribution in [0, 0.1) is 5.82 Å². The van der Waals surface area contributed by atoms with E-state index >= 15 is 0 Å². The highest BCUT2D eigenvalue weighted by molar-refractivity contribution is 6.00. The third-order valence-corrected chi connectivity index (χ3v) is 8.44. The Bertz CT molecular complexity index is 1890. The Kier molecular flexibility index (Phi) is 7.86. The second kappa shape index (κ2) is 11.5. The van der Waals surface area contributed by atoms with E-state index in [1.165, 1.54) is 31.2 Å². The van der Waals surface area contributed by atoms with Gasteiger partial charge < -0.3 is 25.6 Å². The Morgan fingerprint density at radius 3 is 2.43 bits per heavy atom. The van der Waals surface area contributed by atoms with E-state index in [0.717, 1.165) is 31.0 Å². The molecule has 2 aromatic heterocycles. The fraction of sp³-hybridized carbons (Fsp3) is 0.353. The van der Waals surface area contributed by atoms with Crippen molar-refractivity contribution in [2.24, 2.45) is 5.73 Å². The van der Waals surface area contributed by atoms with Crippen molar-refractivity contribution in [1.29, 1.82) is 0 Å². The van der Waals surface area contributed by atoms with Gasteiger partial charge in [0.1, 0.15) is 52.1 Å². The monoisotopic (exact) mass is 652 g/mol. The summed E-state index contributed by atoms with van der Waals surface area (Å²) in [6.45, 7) is 3.52. The zero-order chi connectivity index (χ0) is 33.9. The SMILES string of the molecule is CC(C)(O)c1ccc2cc(C(=O)NC[C@H](c3cc4c(c(-c5ccc(F)cc5)n3)OC[C@]4(C)C(N)=O)C(F)(F)F)cc(OC3CC3)c2n1. The second-order valence-electron chi connectivity index (χ2n) is 12.7. The number of ether oxygens (including phenoxy) is 2. The third kappa shape index (κ3) is 6.31. The molecule has 0 radical (unpaired) electrons. The molecule has 47 heavy (non-hydrogen) atoms. The van der Waals surface area contributed by atoms with Crippen LogP contribution >= 0.6 is 0 Å². The number of carbonyl (C=O) groups is 2. The lowest BCUT2D eigenvalue weighted by molar-refractivity contribution is -0.149. The number of aliphatic hydroxyl groups is 1. The molecule has 3 heterocycles. The third-order valence-electron chi connectivity index (χ3n) is 8.44. The van der Waals surface area contributed by atoms with Gasteiger partial charge in [-0.15, -0.1) is 0 Å². The number of primary amides is 1. The Morgan fingerprint density at radius 2 is 1.81 bits per heavy atom. The highest BCUT2D eigenvalue weighted by Gasteiger charge is 2.47. The van der Waals surface area contributed by atoms with Crippen LogP contribution in [-0.2, 0) is 15.8 Å². The minimum absolute atomic E-state index is 0.0163. The normalized spacial score (nSPS) is 18.4. The number of alkyl halides is 3. The van der Waals surface area contributed by atoms with Crippen LogP contribution in [0.25, 0.3) is 22.2 Å². The predicted molar refractivity (Wildman–Crippen MR) is 163 cm³/mol. The van der Waals surface area contributed by atoms with Crippen LogP contribution in [0.1, 0.15) is 66.8 Å². The molecule has 2 atom stereocenters. The topological polar surface area (TPSA) is 137 Å². The zero-order valence-corrected chi connectivity index (χ0v) is 25.7. The molecule has 246 valence electrons. The maximum atomic E-state index is 14.7. The van der Waals surface area contributed by atoms with Crippen LogP contribution in [0.3, 0.4) is 0 Å². The molecule has 2 aromatic carbocycles. The number of halogens is 4. The van der Waals surface area contributed by atoms with E-state index in [4.69, 9.17) is 15.2 Å². The summed E-state index contributed by atoms with van der Waals surface area (Å²) in [6.07, 6.45) is -3.33. The van der Waals surface area contributed by atoms with Gasteiger partial charge in [-0.2, -0.15) is 13.2 Å². The van der Waals surface area contributed by atoms with Crippen LogP contribution in [0.4, 0.5) is 17.6 Å². The van der Waals surface area contributed by atoms with Gasteiger partial charge >= 0.3 is 6.18 Å². The molecular formula is C34H32F4N4O5. The summed E-state index contributed by atoms with van der Waals surface area (Å²) >= 11 is 0. The number of hydrogen-bond donors (Lipinski definition) is 3. The molecule has 0 saturated heterocycles. The number of benzene rings is 2. The van der Waals surface area contributed by atoms with Crippen LogP contribution < -0.4 is 20.5 Å². The average molecular weight is 653 g/mol. The number of nitrogens with zero attached hydrogens (tertiary/aromatic N) is 2. The molecule has 6 rings (SSSR count). The molecule has 2 aliphatic rings. The fourth-order valence-corrected chi connectivity index (χ4v) is 5.40. The second-order valence-corrected chi connectivity index (χ2v) is 12.7. The van der Waals surface area contributed by atoms with E-state index in [1.807, 2.05) is 0 Å². The van der Waals surface area contributed by atoms with Crippen molar-refractivity contribution >= 4 is 22.7 Å². The largest absolute Gasteiger partial charge is 0.489 e. The number of fused-ring (bicyclic) bond motifs is 2. The van der Waals surface area contributed by atoms with Crippen molar-refractivity contribution in [2.45, 2.75) is 62.8 Å². The molecule has 1 fully saturated rings. The van der Waals surface area contributed by atoms with E-state index in [2.05, 4.69) is 15.3 Å². The van der Waals surface area contributed by atoms with E-state index < -0.39 is 53.0 Å². The van der Waals surface area contributed by atoms with Crippen molar-refractivity contribution in [3.8, 4) is 22.8 Å². The first-order valence-electron chi connectivity index (χ1n) is 15.0. The molecule has 9 nitrogen and oxygen atoms in total. The van der Waals surface area contributed by atoms with E-state index in [9.17, 15) is 32.3 Å². The smallest absolute Gasteiger partial charge is 0.398 e. The van der Waals surface area contributed by atoms with Gasteiger partial charge in [-0.05, 0) is 82.1 Å². The highest BCUT2D eigenvalue weighted by atomic mass is 19.4. The molecule has 13 heteroatoms. The summed E-state index contributed by atoms with van der Waals surface area (Å²) in [5.41, 5.74) is 3.69. The van der Waals surface area contributed by atoms with Gasteiger partial charge in [-0.1, -0.05) is 6.07 Å². The fourth-order valence-electron chi connectivity index (χ4n) is 5.40. The van der Waals surface area contributed by atoms with E-state index in [1.54, 1.807) is 26.0 Å². The number of rotatable bonds is 9. The van der Waals surface area contributed by atoms with Crippen molar-refractivity contribution in [3.05, 3.63) is 82.9 Å². The minimum Gasteiger partial charge on any atom is -0.489 e. The van der Waals surface area contributed by atoms with Gasteiger partial charge in [-0.25, -0.2) is 14.4 Å². The van der Waals surface area contributed by atoms with Gasteiger partial charge in [0, 0.05) is 28.6 Å².